The first-order valence-electron chi connectivity index (χ1n) is 12.9. The number of carboxylic acid groups (broad SMARTS) is 1. The lowest BCUT2D eigenvalue weighted by atomic mass is 9.93. The van der Waals surface area contributed by atoms with Crippen molar-refractivity contribution in [3.05, 3.63) is 106 Å². The number of halogens is 1. The van der Waals surface area contributed by atoms with Crippen molar-refractivity contribution in [1.82, 2.24) is 4.98 Å². The standard InChI is InChI=1S/C32H32ClNO5/c1-4-38-32(39-5-2,18-17-23-12-16-28(37-3)21-29(23)31(35)36)25-8-6-7-22(19-25)9-14-27-15-11-24-10-13-26(33)20-30(24)34-27/h6-16,19-21H,4-5,17-18H2,1-3H3,(H,35,36)/b14-9+. The summed E-state index contributed by atoms with van der Waals surface area (Å²) in [6, 6.07) is 22.7. The molecule has 202 valence electrons. The third kappa shape index (κ3) is 6.84. The minimum absolute atomic E-state index is 0.206. The minimum atomic E-state index is -1.04. The molecule has 0 aliphatic heterocycles. The normalized spacial score (nSPS) is 11.8. The molecule has 4 rings (SSSR count). The van der Waals surface area contributed by atoms with Crippen LogP contribution < -0.4 is 4.74 Å². The van der Waals surface area contributed by atoms with E-state index in [0.717, 1.165) is 27.7 Å². The van der Waals surface area contributed by atoms with Gasteiger partial charge in [-0.25, -0.2) is 9.78 Å². The van der Waals surface area contributed by atoms with Crippen LogP contribution in [0, 0.1) is 0 Å². The quantitative estimate of drug-likeness (QED) is 0.184. The molecule has 0 spiro atoms. The van der Waals surface area contributed by atoms with E-state index in [-0.39, 0.29) is 5.56 Å². The second kappa shape index (κ2) is 12.9. The van der Waals surface area contributed by atoms with Crippen molar-refractivity contribution in [3.63, 3.8) is 0 Å². The Morgan fingerprint density at radius 1 is 0.974 bits per heavy atom. The summed E-state index contributed by atoms with van der Waals surface area (Å²) in [7, 11) is 1.52. The number of hydrogen-bond acceptors (Lipinski definition) is 5. The number of carboxylic acids is 1. The number of rotatable bonds is 12. The molecule has 0 atom stereocenters. The molecule has 7 heteroatoms. The monoisotopic (exact) mass is 545 g/mol. The first-order chi connectivity index (χ1) is 18.9. The molecule has 6 nitrogen and oxygen atoms in total. The van der Waals surface area contributed by atoms with Crippen molar-refractivity contribution in [2.24, 2.45) is 0 Å². The largest absolute Gasteiger partial charge is 0.497 e. The number of aromatic carboxylic acids is 1. The highest BCUT2D eigenvalue weighted by atomic mass is 35.5. The molecule has 39 heavy (non-hydrogen) atoms. The number of methoxy groups -OCH3 is 1. The minimum Gasteiger partial charge on any atom is -0.497 e. The van der Waals surface area contributed by atoms with Gasteiger partial charge in [-0.2, -0.15) is 0 Å². The van der Waals surface area contributed by atoms with Crippen LogP contribution in [-0.4, -0.2) is 36.4 Å². The number of benzene rings is 3. The maximum Gasteiger partial charge on any atom is 0.336 e. The van der Waals surface area contributed by atoms with Crippen molar-refractivity contribution in [1.29, 1.82) is 0 Å². The van der Waals surface area contributed by atoms with Crippen LogP contribution in [0.3, 0.4) is 0 Å². The van der Waals surface area contributed by atoms with Crippen LogP contribution >= 0.6 is 11.6 Å². The lowest BCUT2D eigenvalue weighted by Gasteiger charge is -2.34. The molecular weight excluding hydrogens is 514 g/mol. The Hall–Kier alpha value is -3.71. The molecule has 0 amide bonds. The van der Waals surface area contributed by atoms with E-state index in [0.29, 0.717) is 42.4 Å². The highest BCUT2D eigenvalue weighted by Crippen LogP contribution is 2.34. The lowest BCUT2D eigenvalue weighted by molar-refractivity contribution is -0.246. The number of pyridine rings is 1. The molecule has 0 unspecified atom stereocenters. The van der Waals surface area contributed by atoms with E-state index >= 15 is 0 Å². The third-order valence-electron chi connectivity index (χ3n) is 6.47. The second-order valence-corrected chi connectivity index (χ2v) is 9.42. The fourth-order valence-electron chi connectivity index (χ4n) is 4.62. The van der Waals surface area contributed by atoms with Gasteiger partial charge in [-0.3, -0.25) is 0 Å². The lowest BCUT2D eigenvalue weighted by Crippen LogP contribution is -2.34. The summed E-state index contributed by atoms with van der Waals surface area (Å²) in [4.78, 5) is 16.6. The highest BCUT2D eigenvalue weighted by molar-refractivity contribution is 6.31. The van der Waals surface area contributed by atoms with Crippen molar-refractivity contribution < 1.29 is 24.1 Å². The molecule has 3 aromatic carbocycles. The van der Waals surface area contributed by atoms with Crippen molar-refractivity contribution in [2.45, 2.75) is 32.5 Å². The summed E-state index contributed by atoms with van der Waals surface area (Å²) in [6.45, 7) is 4.70. The van der Waals surface area contributed by atoms with Gasteiger partial charge in [0.2, 0.25) is 0 Å². The van der Waals surface area contributed by atoms with Gasteiger partial charge in [0.25, 0.3) is 0 Å². The van der Waals surface area contributed by atoms with Crippen LogP contribution in [0.15, 0.2) is 72.8 Å². The SMILES string of the molecule is CCOC(CCc1ccc(OC)cc1C(=O)O)(OCC)c1cccc(/C=C/c2ccc3ccc(Cl)cc3n2)c1. The maximum absolute atomic E-state index is 11.9. The molecule has 0 aliphatic rings. The zero-order valence-corrected chi connectivity index (χ0v) is 23.1. The number of ether oxygens (including phenoxy) is 3. The van der Waals surface area contributed by atoms with Gasteiger partial charge in [0.05, 0.1) is 23.9 Å². The van der Waals surface area contributed by atoms with E-state index in [1.54, 1.807) is 18.2 Å². The molecule has 0 aliphatic carbocycles. The fourth-order valence-corrected chi connectivity index (χ4v) is 4.79. The average Bonchev–Trinajstić information content (AvgIpc) is 2.94. The molecule has 0 saturated carbocycles. The van der Waals surface area contributed by atoms with E-state index in [1.165, 1.54) is 7.11 Å². The number of aryl methyl sites for hydroxylation is 1. The van der Waals surface area contributed by atoms with Crippen LogP contribution in [0.1, 0.15) is 53.0 Å². The molecule has 1 N–H and O–H groups in total. The molecule has 0 fully saturated rings. The van der Waals surface area contributed by atoms with E-state index in [2.05, 4.69) is 0 Å². The maximum atomic E-state index is 11.9. The van der Waals surface area contributed by atoms with Gasteiger partial charge in [0.15, 0.2) is 5.79 Å². The first kappa shape index (κ1) is 28.3. The Labute approximate surface area is 233 Å². The number of aromatic nitrogens is 1. The van der Waals surface area contributed by atoms with E-state index < -0.39 is 11.8 Å². The van der Waals surface area contributed by atoms with Crippen LogP contribution in [0.2, 0.25) is 5.02 Å². The van der Waals surface area contributed by atoms with Crippen molar-refractivity contribution in [2.75, 3.05) is 20.3 Å². The fraction of sp³-hybridized carbons (Fsp3) is 0.250. The molecule has 1 aromatic heterocycles. The third-order valence-corrected chi connectivity index (χ3v) is 6.71. The Kier molecular flexibility index (Phi) is 9.36. The van der Waals surface area contributed by atoms with Crippen molar-refractivity contribution >= 4 is 40.6 Å². The predicted molar refractivity (Wildman–Crippen MR) is 155 cm³/mol. The summed E-state index contributed by atoms with van der Waals surface area (Å²) >= 11 is 6.14. The van der Waals surface area contributed by atoms with Gasteiger partial charge in [0.1, 0.15) is 5.75 Å². The van der Waals surface area contributed by atoms with Crippen LogP contribution in [0.4, 0.5) is 0 Å². The van der Waals surface area contributed by atoms with E-state index in [9.17, 15) is 9.90 Å². The highest BCUT2D eigenvalue weighted by Gasteiger charge is 2.34. The number of hydrogen-bond donors (Lipinski definition) is 1. The molecule has 4 aromatic rings. The van der Waals surface area contributed by atoms with Crippen molar-refractivity contribution in [3.8, 4) is 5.75 Å². The zero-order chi connectivity index (χ0) is 27.8. The predicted octanol–water partition coefficient (Wildman–Crippen LogP) is 7.62. The smallest absolute Gasteiger partial charge is 0.336 e. The van der Waals surface area contributed by atoms with Gasteiger partial charge in [-0.1, -0.05) is 54.1 Å². The first-order valence-corrected chi connectivity index (χ1v) is 13.3. The molecule has 1 heterocycles. The van der Waals surface area contributed by atoms with Gasteiger partial charge < -0.3 is 19.3 Å². The molecule has 0 radical (unpaired) electrons. The zero-order valence-electron chi connectivity index (χ0n) is 22.3. The molecule has 0 bridgehead atoms. The Morgan fingerprint density at radius 3 is 2.46 bits per heavy atom. The van der Waals surface area contributed by atoms with Gasteiger partial charge in [-0.15, -0.1) is 0 Å². The van der Waals surface area contributed by atoms with E-state index in [4.69, 9.17) is 30.8 Å². The van der Waals surface area contributed by atoms with Gasteiger partial charge >= 0.3 is 5.97 Å². The Bertz CT molecular complexity index is 1480. The number of carbonyl (C=O) groups is 1. The van der Waals surface area contributed by atoms with Crippen LogP contribution in [0.25, 0.3) is 23.1 Å². The number of fused-ring (bicyclic) bond motifs is 1. The second-order valence-electron chi connectivity index (χ2n) is 8.98. The van der Waals surface area contributed by atoms with Crippen LogP contribution in [-0.2, 0) is 21.7 Å². The van der Waals surface area contributed by atoms with Gasteiger partial charge in [-0.05, 0) is 73.9 Å². The molecular formula is C32H32ClNO5. The molecule has 0 saturated heterocycles. The average molecular weight is 546 g/mol. The summed E-state index contributed by atoms with van der Waals surface area (Å²) < 4.78 is 17.7. The van der Waals surface area contributed by atoms with E-state index in [1.807, 2.05) is 80.6 Å². The topological polar surface area (TPSA) is 77.9 Å². The Morgan fingerprint density at radius 2 is 1.74 bits per heavy atom. The van der Waals surface area contributed by atoms with Crippen LogP contribution in [0.5, 0.6) is 5.75 Å². The summed E-state index contributed by atoms with van der Waals surface area (Å²) in [6.07, 6.45) is 4.83. The Balaban J connectivity index is 1.63. The summed E-state index contributed by atoms with van der Waals surface area (Å²) in [5, 5.41) is 11.4. The summed E-state index contributed by atoms with van der Waals surface area (Å²) in [5.74, 6) is -1.54. The van der Waals surface area contributed by atoms with Gasteiger partial charge in [0, 0.05) is 35.6 Å². The summed E-state index contributed by atoms with van der Waals surface area (Å²) in [5.41, 5.74) is 4.36. The number of nitrogens with zero attached hydrogens (tertiary/aromatic N) is 1.